The first-order valence-corrected chi connectivity index (χ1v) is 9.88. The van der Waals surface area contributed by atoms with Gasteiger partial charge in [-0.25, -0.2) is 9.97 Å². The summed E-state index contributed by atoms with van der Waals surface area (Å²) in [6.45, 7) is 3.11. The van der Waals surface area contributed by atoms with E-state index in [9.17, 15) is 9.59 Å². The van der Waals surface area contributed by atoms with E-state index in [0.29, 0.717) is 23.8 Å². The van der Waals surface area contributed by atoms with Gasteiger partial charge in [0.25, 0.3) is 11.8 Å². The van der Waals surface area contributed by atoms with Gasteiger partial charge in [-0.05, 0) is 24.5 Å². The van der Waals surface area contributed by atoms with Crippen molar-refractivity contribution in [3.63, 3.8) is 0 Å². The molecule has 0 unspecified atom stereocenters. The van der Waals surface area contributed by atoms with Gasteiger partial charge in [-0.15, -0.1) is 11.3 Å². The number of carbonyl (C=O) groups excluding carboxylic acids is 2. The molecule has 28 heavy (non-hydrogen) atoms. The van der Waals surface area contributed by atoms with Gasteiger partial charge >= 0.3 is 0 Å². The number of hydrogen-bond acceptors (Lipinski definition) is 6. The molecule has 0 saturated carbocycles. The van der Waals surface area contributed by atoms with E-state index < -0.39 is 0 Å². The molecular weight excluding hydrogens is 374 g/mol. The van der Waals surface area contributed by atoms with Gasteiger partial charge in [0.05, 0.1) is 12.2 Å². The Morgan fingerprint density at radius 1 is 1.18 bits per heavy atom. The topological polar surface area (TPSA) is 88.1 Å². The van der Waals surface area contributed by atoms with Gasteiger partial charge in [0.15, 0.2) is 0 Å². The third-order valence-electron chi connectivity index (χ3n) is 4.67. The number of benzene rings is 1. The molecule has 1 aliphatic rings. The van der Waals surface area contributed by atoms with E-state index in [0.717, 1.165) is 6.42 Å². The SMILES string of the molecule is C[C@@H](NC(=O)c1cnccn1)c1nc(C(=O)N2CCc3ccccc3C2)cs1. The van der Waals surface area contributed by atoms with Crippen LogP contribution in [0.1, 0.15) is 50.1 Å². The molecular formula is C20H19N5O2S. The second-order valence-electron chi connectivity index (χ2n) is 6.60. The first-order chi connectivity index (χ1) is 13.6. The lowest BCUT2D eigenvalue weighted by molar-refractivity contribution is 0.0729. The Labute approximate surface area is 166 Å². The quantitative estimate of drug-likeness (QED) is 0.736. The number of carbonyl (C=O) groups is 2. The second kappa shape index (κ2) is 7.85. The fourth-order valence-corrected chi connectivity index (χ4v) is 3.96. The van der Waals surface area contributed by atoms with E-state index in [-0.39, 0.29) is 23.6 Å². The third kappa shape index (κ3) is 3.77. The zero-order chi connectivity index (χ0) is 19.5. The van der Waals surface area contributed by atoms with Crippen LogP contribution in [0.2, 0.25) is 0 Å². The van der Waals surface area contributed by atoms with Gasteiger partial charge in [0.1, 0.15) is 16.4 Å². The summed E-state index contributed by atoms with van der Waals surface area (Å²) in [6.07, 6.45) is 5.24. The Morgan fingerprint density at radius 3 is 2.79 bits per heavy atom. The maximum absolute atomic E-state index is 12.9. The molecule has 3 heterocycles. The van der Waals surface area contributed by atoms with Crippen molar-refractivity contribution in [2.24, 2.45) is 0 Å². The maximum Gasteiger partial charge on any atom is 0.273 e. The fourth-order valence-electron chi connectivity index (χ4n) is 3.16. The highest BCUT2D eigenvalue weighted by atomic mass is 32.1. The smallest absolute Gasteiger partial charge is 0.273 e. The summed E-state index contributed by atoms with van der Waals surface area (Å²) >= 11 is 1.36. The number of nitrogens with one attached hydrogen (secondary N) is 1. The highest BCUT2D eigenvalue weighted by Gasteiger charge is 2.24. The summed E-state index contributed by atoms with van der Waals surface area (Å²) in [7, 11) is 0. The van der Waals surface area contributed by atoms with Crippen LogP contribution in [0.15, 0.2) is 48.2 Å². The Kier molecular flexibility index (Phi) is 5.12. The molecule has 1 atom stereocenters. The summed E-state index contributed by atoms with van der Waals surface area (Å²) in [5.41, 5.74) is 3.14. The summed E-state index contributed by atoms with van der Waals surface area (Å²) in [5.74, 6) is -0.402. The summed E-state index contributed by atoms with van der Waals surface area (Å²) < 4.78 is 0. The second-order valence-corrected chi connectivity index (χ2v) is 7.49. The van der Waals surface area contributed by atoms with Crippen molar-refractivity contribution in [2.75, 3.05) is 6.54 Å². The highest BCUT2D eigenvalue weighted by molar-refractivity contribution is 7.09. The number of thiazole rings is 1. The van der Waals surface area contributed by atoms with Crippen LogP contribution in [-0.2, 0) is 13.0 Å². The van der Waals surface area contributed by atoms with Gasteiger partial charge in [-0.3, -0.25) is 14.6 Å². The molecule has 7 nitrogen and oxygen atoms in total. The average Bonchev–Trinajstić information content (AvgIpc) is 3.24. The van der Waals surface area contributed by atoms with Crippen LogP contribution in [0.5, 0.6) is 0 Å². The zero-order valence-corrected chi connectivity index (χ0v) is 16.1. The predicted octanol–water partition coefficient (Wildman–Crippen LogP) is 2.62. The van der Waals surface area contributed by atoms with Crippen molar-refractivity contribution in [3.8, 4) is 0 Å². The molecule has 2 aromatic heterocycles. The number of rotatable bonds is 4. The molecule has 0 saturated heterocycles. The van der Waals surface area contributed by atoms with Crippen molar-refractivity contribution in [1.82, 2.24) is 25.2 Å². The summed E-state index contributed by atoms with van der Waals surface area (Å²) in [5, 5.41) is 5.27. The van der Waals surface area contributed by atoms with Gasteiger partial charge in [0.2, 0.25) is 0 Å². The molecule has 0 bridgehead atoms. The van der Waals surface area contributed by atoms with Gasteiger partial charge in [-0.2, -0.15) is 0 Å². The van der Waals surface area contributed by atoms with Crippen LogP contribution in [0, 0.1) is 0 Å². The van der Waals surface area contributed by atoms with Crippen molar-refractivity contribution < 1.29 is 9.59 Å². The predicted molar refractivity (Wildman–Crippen MR) is 105 cm³/mol. The molecule has 1 aliphatic heterocycles. The Morgan fingerprint density at radius 2 is 2.00 bits per heavy atom. The average molecular weight is 393 g/mol. The van der Waals surface area contributed by atoms with Crippen molar-refractivity contribution in [1.29, 1.82) is 0 Å². The minimum atomic E-state index is -0.330. The number of amides is 2. The molecule has 1 aromatic carbocycles. The first-order valence-electron chi connectivity index (χ1n) is 9.00. The Bertz CT molecular complexity index is 1000. The Balaban J connectivity index is 1.42. The van der Waals surface area contributed by atoms with E-state index in [2.05, 4.69) is 32.4 Å². The van der Waals surface area contributed by atoms with Crippen LogP contribution in [-0.4, -0.2) is 38.2 Å². The number of fused-ring (bicyclic) bond motifs is 1. The number of nitrogens with zero attached hydrogens (tertiary/aromatic N) is 4. The lowest BCUT2D eigenvalue weighted by Gasteiger charge is -2.28. The maximum atomic E-state index is 12.9. The highest BCUT2D eigenvalue weighted by Crippen LogP contribution is 2.23. The summed E-state index contributed by atoms with van der Waals surface area (Å²) in [6, 6.07) is 7.86. The van der Waals surface area contributed by atoms with Gasteiger partial charge in [-0.1, -0.05) is 24.3 Å². The van der Waals surface area contributed by atoms with Crippen LogP contribution < -0.4 is 5.32 Å². The van der Waals surface area contributed by atoms with Crippen LogP contribution in [0.4, 0.5) is 0 Å². The normalized spacial score (nSPS) is 14.2. The third-order valence-corrected chi connectivity index (χ3v) is 5.70. The lowest BCUT2D eigenvalue weighted by Crippen LogP contribution is -2.36. The number of hydrogen-bond donors (Lipinski definition) is 1. The molecule has 0 spiro atoms. The number of aromatic nitrogens is 3. The summed E-state index contributed by atoms with van der Waals surface area (Å²) in [4.78, 5) is 39.2. The van der Waals surface area contributed by atoms with Crippen molar-refractivity contribution >= 4 is 23.2 Å². The van der Waals surface area contributed by atoms with Crippen LogP contribution in [0.3, 0.4) is 0 Å². The molecule has 8 heteroatoms. The van der Waals surface area contributed by atoms with E-state index in [1.54, 1.807) is 5.38 Å². The van der Waals surface area contributed by atoms with E-state index >= 15 is 0 Å². The van der Waals surface area contributed by atoms with Crippen LogP contribution >= 0.6 is 11.3 Å². The molecule has 142 valence electrons. The van der Waals surface area contributed by atoms with Crippen molar-refractivity contribution in [3.05, 3.63) is 75.8 Å². The van der Waals surface area contributed by atoms with E-state index in [1.165, 1.54) is 41.1 Å². The van der Waals surface area contributed by atoms with Gasteiger partial charge < -0.3 is 10.2 Å². The molecule has 0 radical (unpaired) electrons. The molecule has 2 amide bonds. The largest absolute Gasteiger partial charge is 0.342 e. The molecule has 1 N–H and O–H groups in total. The van der Waals surface area contributed by atoms with Crippen LogP contribution in [0.25, 0.3) is 0 Å². The van der Waals surface area contributed by atoms with Gasteiger partial charge in [0, 0.05) is 30.9 Å². The zero-order valence-electron chi connectivity index (χ0n) is 15.3. The molecule has 4 rings (SSSR count). The minimum absolute atomic E-state index is 0.0792. The standard InChI is InChI=1S/C20H19N5O2S/c1-13(23-18(26)16-10-21-7-8-22-16)19-24-17(12-28-19)20(27)25-9-6-14-4-2-3-5-15(14)11-25/h2-5,7-8,10,12-13H,6,9,11H2,1H3,(H,23,26)/t13-/m1/s1. The monoisotopic (exact) mass is 393 g/mol. The van der Waals surface area contributed by atoms with E-state index in [1.807, 2.05) is 24.0 Å². The van der Waals surface area contributed by atoms with E-state index in [4.69, 9.17) is 0 Å². The minimum Gasteiger partial charge on any atom is -0.342 e. The fraction of sp³-hybridized carbons (Fsp3) is 0.250. The molecule has 3 aromatic rings. The lowest BCUT2D eigenvalue weighted by atomic mass is 10.00. The molecule has 0 aliphatic carbocycles. The first kappa shape index (κ1) is 18.2. The Hall–Kier alpha value is -3.13. The van der Waals surface area contributed by atoms with Crippen molar-refractivity contribution in [2.45, 2.75) is 25.9 Å². The molecule has 0 fully saturated rings.